The molecule has 108 valence electrons. The lowest BCUT2D eigenvalue weighted by Crippen LogP contribution is -2.46. The van der Waals surface area contributed by atoms with Gasteiger partial charge in [0.2, 0.25) is 0 Å². The van der Waals surface area contributed by atoms with Crippen molar-refractivity contribution in [1.82, 2.24) is 9.88 Å². The molecule has 2 heterocycles. The minimum absolute atomic E-state index is 0.302. The molecule has 0 spiro atoms. The van der Waals surface area contributed by atoms with Gasteiger partial charge >= 0.3 is 0 Å². The molecule has 4 nitrogen and oxygen atoms in total. The van der Waals surface area contributed by atoms with Gasteiger partial charge in [-0.25, -0.2) is 4.98 Å². The first-order valence-corrected chi connectivity index (χ1v) is 7.44. The van der Waals surface area contributed by atoms with Crippen molar-refractivity contribution < 1.29 is 0 Å². The Hall–Kier alpha value is -1.31. The molecular weight excluding hydrogens is 272 g/mol. The number of nitrogens with zero attached hydrogens (tertiary/aromatic N) is 4. The molecule has 20 heavy (non-hydrogen) atoms. The highest BCUT2D eigenvalue weighted by molar-refractivity contribution is 6.31. The van der Waals surface area contributed by atoms with E-state index in [0.717, 1.165) is 31.7 Å². The lowest BCUT2D eigenvalue weighted by Gasteiger charge is -2.39. The monoisotopic (exact) mass is 292 g/mol. The van der Waals surface area contributed by atoms with Crippen molar-refractivity contribution in [3.63, 3.8) is 0 Å². The van der Waals surface area contributed by atoms with Crippen molar-refractivity contribution in [2.24, 2.45) is 0 Å². The highest BCUT2D eigenvalue weighted by atomic mass is 35.5. The molecule has 0 aromatic carbocycles. The first-order valence-electron chi connectivity index (χ1n) is 7.06. The highest BCUT2D eigenvalue weighted by Gasteiger charge is 2.24. The van der Waals surface area contributed by atoms with E-state index in [-0.39, 0.29) is 0 Å². The molecule has 1 aliphatic rings. The molecular formula is C15H21ClN4. The highest BCUT2D eigenvalue weighted by Crippen LogP contribution is 2.24. The van der Waals surface area contributed by atoms with Gasteiger partial charge in [0.15, 0.2) is 5.69 Å². The predicted octanol–water partition coefficient (Wildman–Crippen LogP) is 2.92. The van der Waals surface area contributed by atoms with E-state index in [1.54, 1.807) is 6.07 Å². The summed E-state index contributed by atoms with van der Waals surface area (Å²) in [6.45, 7) is 6.71. The van der Waals surface area contributed by atoms with Crippen LogP contribution in [-0.2, 0) is 0 Å². The number of piperidine rings is 1. The van der Waals surface area contributed by atoms with E-state index in [4.69, 9.17) is 16.9 Å². The maximum Gasteiger partial charge on any atom is 0.161 e. The summed E-state index contributed by atoms with van der Waals surface area (Å²) < 4.78 is 0. The Morgan fingerprint density at radius 2 is 2.05 bits per heavy atom. The van der Waals surface area contributed by atoms with Gasteiger partial charge in [-0.15, -0.1) is 0 Å². The van der Waals surface area contributed by atoms with E-state index < -0.39 is 0 Å². The second-order valence-corrected chi connectivity index (χ2v) is 5.99. The Bertz CT molecular complexity index is 501. The molecule has 0 amide bonds. The molecule has 0 bridgehead atoms. The summed E-state index contributed by atoms with van der Waals surface area (Å²) in [5.41, 5.74) is 0.302. The van der Waals surface area contributed by atoms with E-state index in [9.17, 15) is 0 Å². The van der Waals surface area contributed by atoms with E-state index in [1.165, 1.54) is 0 Å². The maximum absolute atomic E-state index is 9.01. The van der Waals surface area contributed by atoms with Gasteiger partial charge in [0.1, 0.15) is 11.9 Å². The lowest BCUT2D eigenvalue weighted by molar-refractivity contribution is 0.171. The topological polar surface area (TPSA) is 43.2 Å². The minimum atomic E-state index is 0.302. The molecule has 1 aromatic heterocycles. The summed E-state index contributed by atoms with van der Waals surface area (Å²) in [7, 11) is 2.05. The molecule has 2 rings (SSSR count). The van der Waals surface area contributed by atoms with Crippen molar-refractivity contribution in [2.45, 2.75) is 38.8 Å². The van der Waals surface area contributed by atoms with E-state index in [1.807, 2.05) is 19.2 Å². The van der Waals surface area contributed by atoms with Crippen LogP contribution in [0.4, 0.5) is 5.82 Å². The molecule has 0 aliphatic carbocycles. The van der Waals surface area contributed by atoms with Crippen LogP contribution in [0, 0.1) is 11.3 Å². The normalized spacial score (nSPS) is 17.2. The number of aromatic nitrogens is 1. The third-order valence-corrected chi connectivity index (χ3v) is 4.38. The molecule has 1 fully saturated rings. The van der Waals surface area contributed by atoms with Crippen molar-refractivity contribution in [1.29, 1.82) is 5.26 Å². The van der Waals surface area contributed by atoms with Gasteiger partial charge in [-0.05, 0) is 38.8 Å². The van der Waals surface area contributed by atoms with Crippen LogP contribution in [0.2, 0.25) is 5.02 Å². The van der Waals surface area contributed by atoms with Crippen LogP contribution >= 0.6 is 11.6 Å². The van der Waals surface area contributed by atoms with Gasteiger partial charge in [-0.1, -0.05) is 11.6 Å². The van der Waals surface area contributed by atoms with Crippen LogP contribution in [0.25, 0.3) is 0 Å². The van der Waals surface area contributed by atoms with Gasteiger partial charge in [-0.3, -0.25) is 0 Å². The van der Waals surface area contributed by atoms with Crippen LogP contribution in [0.1, 0.15) is 32.4 Å². The number of rotatable bonds is 3. The first-order chi connectivity index (χ1) is 9.52. The van der Waals surface area contributed by atoms with Gasteiger partial charge in [-0.2, -0.15) is 5.26 Å². The quantitative estimate of drug-likeness (QED) is 0.859. The Labute approximate surface area is 126 Å². The summed E-state index contributed by atoms with van der Waals surface area (Å²) in [6, 6.07) is 6.76. The summed E-state index contributed by atoms with van der Waals surface area (Å²) in [6.07, 6.45) is 2.25. The van der Waals surface area contributed by atoms with Crippen molar-refractivity contribution in [3.8, 4) is 6.07 Å². The zero-order valence-corrected chi connectivity index (χ0v) is 13.1. The summed E-state index contributed by atoms with van der Waals surface area (Å²) >= 11 is 5.93. The maximum atomic E-state index is 9.01. The summed E-state index contributed by atoms with van der Waals surface area (Å²) in [5.74, 6) is 0.828. The Morgan fingerprint density at radius 1 is 1.40 bits per heavy atom. The first kappa shape index (κ1) is 15.1. The molecule has 5 heteroatoms. The number of hydrogen-bond donors (Lipinski definition) is 0. The Morgan fingerprint density at radius 3 is 2.60 bits per heavy atom. The summed E-state index contributed by atoms with van der Waals surface area (Å²) in [5, 5.41) is 9.42. The van der Waals surface area contributed by atoms with Gasteiger partial charge < -0.3 is 9.80 Å². The number of likely N-dealkylation sites (tertiary alicyclic amines) is 1. The molecule has 0 unspecified atom stereocenters. The fourth-order valence-corrected chi connectivity index (χ4v) is 2.83. The standard InChI is InChI=1S/C15H21ClN4/c1-11(2)20-8-6-12(7-9-20)19(3)15-5-4-13(16)14(10-17)18-15/h4-5,11-12H,6-9H2,1-3H3. The smallest absolute Gasteiger partial charge is 0.161 e. The molecule has 1 aliphatic heterocycles. The molecule has 1 saturated heterocycles. The van der Waals surface area contributed by atoms with Crippen LogP contribution in [-0.4, -0.2) is 42.1 Å². The minimum Gasteiger partial charge on any atom is -0.357 e. The molecule has 0 N–H and O–H groups in total. The van der Waals surface area contributed by atoms with Crippen molar-refractivity contribution in [3.05, 3.63) is 22.8 Å². The molecule has 1 aromatic rings. The van der Waals surface area contributed by atoms with Crippen LogP contribution in [0.15, 0.2) is 12.1 Å². The van der Waals surface area contributed by atoms with E-state index >= 15 is 0 Å². The zero-order valence-electron chi connectivity index (χ0n) is 12.3. The second kappa shape index (κ2) is 6.43. The Kier molecular flexibility index (Phi) is 4.85. The zero-order chi connectivity index (χ0) is 14.7. The fourth-order valence-electron chi connectivity index (χ4n) is 2.68. The average Bonchev–Trinajstić information content (AvgIpc) is 2.47. The van der Waals surface area contributed by atoms with Gasteiger partial charge in [0.05, 0.1) is 5.02 Å². The fraction of sp³-hybridized carbons (Fsp3) is 0.600. The molecule has 0 atom stereocenters. The van der Waals surface area contributed by atoms with Crippen LogP contribution in [0.5, 0.6) is 0 Å². The van der Waals surface area contributed by atoms with E-state index in [2.05, 4.69) is 28.6 Å². The number of anilines is 1. The third-order valence-electron chi connectivity index (χ3n) is 4.08. The van der Waals surface area contributed by atoms with Crippen LogP contribution < -0.4 is 4.90 Å². The van der Waals surface area contributed by atoms with Crippen molar-refractivity contribution in [2.75, 3.05) is 25.0 Å². The molecule has 0 saturated carbocycles. The number of halogens is 1. The second-order valence-electron chi connectivity index (χ2n) is 5.58. The summed E-state index contributed by atoms with van der Waals surface area (Å²) in [4.78, 5) is 9.02. The van der Waals surface area contributed by atoms with Gasteiger partial charge in [0.25, 0.3) is 0 Å². The predicted molar refractivity (Wildman–Crippen MR) is 82.1 cm³/mol. The SMILES string of the molecule is CC(C)N1CCC(N(C)c2ccc(Cl)c(C#N)n2)CC1. The Balaban J connectivity index is 2.06. The number of hydrogen-bond acceptors (Lipinski definition) is 4. The van der Waals surface area contributed by atoms with E-state index in [0.29, 0.717) is 22.8 Å². The largest absolute Gasteiger partial charge is 0.357 e. The molecule has 0 radical (unpaired) electrons. The number of pyridine rings is 1. The van der Waals surface area contributed by atoms with Crippen LogP contribution in [0.3, 0.4) is 0 Å². The average molecular weight is 293 g/mol. The number of nitriles is 1. The van der Waals surface area contributed by atoms with Gasteiger partial charge in [0, 0.05) is 32.2 Å². The van der Waals surface area contributed by atoms with Crippen molar-refractivity contribution >= 4 is 17.4 Å². The lowest BCUT2D eigenvalue weighted by atomic mass is 10.0. The third kappa shape index (κ3) is 3.23.